The molecule has 0 unspecified atom stereocenters. The summed E-state index contributed by atoms with van der Waals surface area (Å²) in [6.45, 7) is 0.857. The van der Waals surface area contributed by atoms with Gasteiger partial charge in [0.15, 0.2) is 0 Å². The predicted octanol–water partition coefficient (Wildman–Crippen LogP) is 4.11. The minimum atomic E-state index is -0.858. The van der Waals surface area contributed by atoms with E-state index in [9.17, 15) is 13.6 Å². The molecule has 0 aliphatic rings. The number of rotatable bonds is 8. The van der Waals surface area contributed by atoms with Gasteiger partial charge in [-0.2, -0.15) is 0 Å². The van der Waals surface area contributed by atoms with Crippen LogP contribution in [0.5, 0.6) is 11.5 Å². The summed E-state index contributed by atoms with van der Waals surface area (Å²) in [5.74, 6) is -0.985. The Hall–Kier alpha value is -3.68. The molecule has 0 radical (unpaired) electrons. The van der Waals surface area contributed by atoms with Gasteiger partial charge >= 0.3 is 0 Å². The first-order chi connectivity index (χ1) is 14.1. The summed E-state index contributed by atoms with van der Waals surface area (Å²) >= 11 is 0. The molecule has 1 heterocycles. The zero-order valence-corrected chi connectivity index (χ0v) is 15.6. The first kappa shape index (κ1) is 20.1. The van der Waals surface area contributed by atoms with Crippen LogP contribution in [0, 0.1) is 11.6 Å². The Labute approximate surface area is 166 Å². The van der Waals surface area contributed by atoms with Gasteiger partial charge in [-0.25, -0.2) is 8.78 Å². The highest BCUT2D eigenvalue weighted by Gasteiger charge is 2.14. The SMILES string of the molecule is COc1ccc(OCCNc2ccnc(C(=O)Nc3c(F)cccc3F)c2)cc1. The first-order valence-electron chi connectivity index (χ1n) is 8.79. The molecule has 1 aromatic heterocycles. The topological polar surface area (TPSA) is 72.5 Å². The molecular weight excluding hydrogens is 380 g/mol. The summed E-state index contributed by atoms with van der Waals surface area (Å²) in [6, 6.07) is 13.7. The van der Waals surface area contributed by atoms with Crippen LogP contribution in [0.1, 0.15) is 10.5 Å². The minimum Gasteiger partial charge on any atom is -0.497 e. The third kappa shape index (κ3) is 5.41. The number of hydrogen-bond donors (Lipinski definition) is 2. The van der Waals surface area contributed by atoms with Crippen molar-refractivity contribution < 1.29 is 23.0 Å². The highest BCUT2D eigenvalue weighted by Crippen LogP contribution is 2.19. The van der Waals surface area contributed by atoms with Gasteiger partial charge in [-0.3, -0.25) is 9.78 Å². The van der Waals surface area contributed by atoms with Gasteiger partial charge in [0, 0.05) is 18.4 Å². The Kier molecular flexibility index (Phi) is 6.57. The Bertz CT molecular complexity index is 961. The molecule has 0 bridgehead atoms. The lowest BCUT2D eigenvalue weighted by atomic mass is 10.2. The van der Waals surface area contributed by atoms with Crippen molar-refractivity contribution in [3.8, 4) is 11.5 Å². The number of nitrogens with zero attached hydrogens (tertiary/aromatic N) is 1. The largest absolute Gasteiger partial charge is 0.497 e. The van der Waals surface area contributed by atoms with E-state index in [4.69, 9.17) is 9.47 Å². The number of nitrogens with one attached hydrogen (secondary N) is 2. The van der Waals surface area contributed by atoms with Crippen molar-refractivity contribution in [2.24, 2.45) is 0 Å². The van der Waals surface area contributed by atoms with E-state index in [2.05, 4.69) is 15.6 Å². The van der Waals surface area contributed by atoms with Crippen LogP contribution in [-0.4, -0.2) is 31.2 Å². The number of methoxy groups -OCH3 is 1. The van der Waals surface area contributed by atoms with Crippen molar-refractivity contribution >= 4 is 17.3 Å². The summed E-state index contributed by atoms with van der Waals surface area (Å²) < 4.78 is 38.1. The van der Waals surface area contributed by atoms with E-state index in [1.165, 1.54) is 18.3 Å². The summed E-state index contributed by atoms with van der Waals surface area (Å²) in [6.07, 6.45) is 1.43. The normalized spacial score (nSPS) is 10.3. The molecule has 8 heteroatoms. The van der Waals surface area contributed by atoms with Crippen LogP contribution in [0.25, 0.3) is 0 Å². The fraction of sp³-hybridized carbons (Fsp3) is 0.143. The van der Waals surface area contributed by atoms with E-state index >= 15 is 0 Å². The van der Waals surface area contributed by atoms with Gasteiger partial charge in [0.05, 0.1) is 7.11 Å². The third-order valence-corrected chi connectivity index (χ3v) is 3.95. The molecule has 3 rings (SSSR count). The van der Waals surface area contributed by atoms with Crippen molar-refractivity contribution in [2.45, 2.75) is 0 Å². The van der Waals surface area contributed by atoms with Crippen LogP contribution >= 0.6 is 0 Å². The number of halogens is 2. The monoisotopic (exact) mass is 399 g/mol. The molecule has 29 heavy (non-hydrogen) atoms. The van der Waals surface area contributed by atoms with Gasteiger partial charge in [0.25, 0.3) is 5.91 Å². The van der Waals surface area contributed by atoms with Crippen LogP contribution in [0.2, 0.25) is 0 Å². The maximum atomic E-state index is 13.7. The Morgan fingerprint density at radius 1 is 1.03 bits per heavy atom. The smallest absolute Gasteiger partial charge is 0.274 e. The number of amides is 1. The standard InChI is InChI=1S/C21H19F2N3O3/c1-28-15-5-7-16(8-6-15)29-12-11-24-14-9-10-25-19(13-14)21(27)26-20-17(22)3-2-4-18(20)23/h2-10,13H,11-12H2,1H3,(H,24,25)(H,26,27). The fourth-order valence-corrected chi connectivity index (χ4v) is 2.50. The van der Waals surface area contributed by atoms with Gasteiger partial charge in [0.2, 0.25) is 0 Å². The molecule has 0 aliphatic carbocycles. The maximum Gasteiger partial charge on any atom is 0.274 e. The number of pyridine rings is 1. The molecule has 2 aromatic carbocycles. The second-order valence-electron chi connectivity index (χ2n) is 5.93. The molecule has 0 spiro atoms. The second-order valence-corrected chi connectivity index (χ2v) is 5.93. The highest BCUT2D eigenvalue weighted by molar-refractivity contribution is 6.03. The van der Waals surface area contributed by atoms with Gasteiger partial charge in [-0.1, -0.05) is 6.07 Å². The van der Waals surface area contributed by atoms with Crippen molar-refractivity contribution in [2.75, 3.05) is 30.9 Å². The van der Waals surface area contributed by atoms with E-state index < -0.39 is 23.2 Å². The van der Waals surface area contributed by atoms with Crippen molar-refractivity contribution in [3.63, 3.8) is 0 Å². The number of benzene rings is 2. The van der Waals surface area contributed by atoms with E-state index in [1.807, 2.05) is 0 Å². The lowest BCUT2D eigenvalue weighted by Gasteiger charge is -2.10. The first-order valence-corrected chi connectivity index (χ1v) is 8.79. The number of anilines is 2. The average Bonchev–Trinajstić information content (AvgIpc) is 2.74. The number of ether oxygens (including phenoxy) is 2. The molecule has 3 aromatic rings. The maximum absolute atomic E-state index is 13.7. The van der Waals surface area contributed by atoms with Crippen LogP contribution in [0.15, 0.2) is 60.8 Å². The minimum absolute atomic E-state index is 0.0220. The van der Waals surface area contributed by atoms with Gasteiger partial charge < -0.3 is 20.1 Å². The van der Waals surface area contributed by atoms with Gasteiger partial charge in [-0.05, 0) is 48.5 Å². The summed E-state index contributed by atoms with van der Waals surface area (Å²) in [5.41, 5.74) is 0.136. The highest BCUT2D eigenvalue weighted by atomic mass is 19.1. The molecule has 2 N–H and O–H groups in total. The molecule has 6 nitrogen and oxygen atoms in total. The second kappa shape index (κ2) is 9.50. The number of aromatic nitrogens is 1. The zero-order valence-electron chi connectivity index (χ0n) is 15.6. The lowest BCUT2D eigenvalue weighted by molar-refractivity contribution is 0.102. The van der Waals surface area contributed by atoms with E-state index in [1.54, 1.807) is 37.4 Å². The summed E-state index contributed by atoms with van der Waals surface area (Å²) in [4.78, 5) is 16.2. The number of para-hydroxylation sites is 1. The predicted molar refractivity (Wildman–Crippen MR) is 106 cm³/mol. The Balaban J connectivity index is 1.54. The van der Waals surface area contributed by atoms with Crippen LogP contribution in [-0.2, 0) is 0 Å². The number of carbonyl (C=O) groups excluding carboxylic acids is 1. The molecular formula is C21H19F2N3O3. The van der Waals surface area contributed by atoms with Crippen LogP contribution < -0.4 is 20.1 Å². The van der Waals surface area contributed by atoms with E-state index in [-0.39, 0.29) is 5.69 Å². The quantitative estimate of drug-likeness (QED) is 0.558. The molecule has 150 valence electrons. The number of hydrogen-bond acceptors (Lipinski definition) is 5. The summed E-state index contributed by atoms with van der Waals surface area (Å²) in [7, 11) is 1.59. The Morgan fingerprint density at radius 2 is 1.72 bits per heavy atom. The average molecular weight is 399 g/mol. The van der Waals surface area contributed by atoms with Gasteiger partial charge in [0.1, 0.15) is 41.1 Å². The molecule has 0 saturated carbocycles. The van der Waals surface area contributed by atoms with E-state index in [0.29, 0.717) is 24.6 Å². The van der Waals surface area contributed by atoms with Crippen molar-refractivity contribution in [3.05, 3.63) is 78.1 Å². The third-order valence-electron chi connectivity index (χ3n) is 3.95. The molecule has 1 amide bonds. The molecule has 0 saturated heterocycles. The van der Waals surface area contributed by atoms with Crippen molar-refractivity contribution in [1.82, 2.24) is 4.98 Å². The molecule has 0 atom stereocenters. The number of carbonyl (C=O) groups is 1. The fourth-order valence-electron chi connectivity index (χ4n) is 2.50. The Morgan fingerprint density at radius 3 is 2.41 bits per heavy atom. The van der Waals surface area contributed by atoms with Gasteiger partial charge in [-0.15, -0.1) is 0 Å². The lowest BCUT2D eigenvalue weighted by Crippen LogP contribution is -2.17. The zero-order chi connectivity index (χ0) is 20.6. The van der Waals surface area contributed by atoms with E-state index in [0.717, 1.165) is 17.9 Å². The molecule has 0 aliphatic heterocycles. The summed E-state index contributed by atoms with van der Waals surface area (Å²) in [5, 5.41) is 5.31. The van der Waals surface area contributed by atoms with Crippen LogP contribution in [0.4, 0.5) is 20.2 Å². The van der Waals surface area contributed by atoms with Crippen molar-refractivity contribution in [1.29, 1.82) is 0 Å². The van der Waals surface area contributed by atoms with Crippen LogP contribution in [0.3, 0.4) is 0 Å². The molecule has 0 fully saturated rings.